The van der Waals surface area contributed by atoms with Crippen LogP contribution in [0.3, 0.4) is 0 Å². The van der Waals surface area contributed by atoms with Gasteiger partial charge in [0.15, 0.2) is 0 Å². The molecule has 0 spiro atoms. The Bertz CT molecular complexity index is 822. The Labute approximate surface area is 173 Å². The highest BCUT2D eigenvalue weighted by atomic mass is 35.5. The molecule has 1 aromatic heterocycles. The number of halogens is 2. The Morgan fingerprint density at radius 1 is 1.04 bits per heavy atom. The van der Waals surface area contributed by atoms with Crippen molar-refractivity contribution in [2.24, 2.45) is 0 Å². The molecule has 0 atom stereocenters. The molecule has 0 saturated carbocycles. The number of methoxy groups -OCH3 is 2. The molecule has 1 saturated heterocycles. The molecule has 1 N–H and O–H groups in total. The summed E-state index contributed by atoms with van der Waals surface area (Å²) in [5.74, 6) is 0.587. The largest absolute Gasteiger partial charge is 0.481 e. The van der Waals surface area contributed by atoms with E-state index in [1.165, 1.54) is 20.3 Å². The van der Waals surface area contributed by atoms with Crippen molar-refractivity contribution in [3.8, 4) is 11.8 Å². The van der Waals surface area contributed by atoms with Crippen LogP contribution in [0.2, 0.25) is 10.0 Å². The molecule has 0 unspecified atom stereocenters. The van der Waals surface area contributed by atoms with Gasteiger partial charge in [0.25, 0.3) is 0 Å². The van der Waals surface area contributed by atoms with Crippen molar-refractivity contribution in [3.05, 3.63) is 34.3 Å². The van der Waals surface area contributed by atoms with Gasteiger partial charge in [-0.2, -0.15) is 9.97 Å². The van der Waals surface area contributed by atoms with Crippen molar-refractivity contribution in [3.63, 3.8) is 0 Å². The fraction of sp³-hybridized carbons (Fsp3) is 0.389. The van der Waals surface area contributed by atoms with Gasteiger partial charge in [-0.1, -0.05) is 23.2 Å². The van der Waals surface area contributed by atoms with E-state index in [1.54, 1.807) is 6.07 Å². The number of nitrogens with one attached hydrogen (secondary N) is 1. The maximum Gasteiger partial charge on any atom is 0.240 e. The third kappa shape index (κ3) is 5.15. The van der Waals surface area contributed by atoms with E-state index in [4.69, 9.17) is 32.7 Å². The number of hydrogen-bond acceptors (Lipinski definition) is 7. The highest BCUT2D eigenvalue weighted by Gasteiger charge is 2.20. The highest BCUT2D eigenvalue weighted by Crippen LogP contribution is 2.27. The Balaban J connectivity index is 1.53. The smallest absolute Gasteiger partial charge is 0.240 e. The summed E-state index contributed by atoms with van der Waals surface area (Å²) in [5.41, 5.74) is 1.02. The molecular weight excluding hydrogens is 405 g/mol. The van der Waals surface area contributed by atoms with Gasteiger partial charge in [0.2, 0.25) is 23.6 Å². The average molecular weight is 426 g/mol. The van der Waals surface area contributed by atoms with Gasteiger partial charge in [-0.3, -0.25) is 15.0 Å². The van der Waals surface area contributed by atoms with Gasteiger partial charge in [-0.15, -0.1) is 0 Å². The lowest BCUT2D eigenvalue weighted by Gasteiger charge is -2.35. The fourth-order valence-electron chi connectivity index (χ4n) is 2.88. The summed E-state index contributed by atoms with van der Waals surface area (Å²) < 4.78 is 10.2. The number of nitrogens with zero attached hydrogens (tertiary/aromatic N) is 4. The molecule has 1 amide bonds. The molecule has 1 aromatic carbocycles. The lowest BCUT2D eigenvalue weighted by atomic mass is 10.2. The summed E-state index contributed by atoms with van der Waals surface area (Å²) in [5, 5.41) is 3.76. The molecule has 10 heteroatoms. The van der Waals surface area contributed by atoms with E-state index in [0.29, 0.717) is 21.8 Å². The predicted molar refractivity (Wildman–Crippen MR) is 109 cm³/mol. The van der Waals surface area contributed by atoms with Crippen LogP contribution in [0.4, 0.5) is 11.6 Å². The molecule has 0 aliphatic carbocycles. The number of ether oxygens (including phenoxy) is 2. The number of hydrogen-bond donors (Lipinski definition) is 1. The number of carbonyl (C=O) groups is 1. The normalized spacial score (nSPS) is 14.6. The number of benzene rings is 1. The molecule has 3 rings (SSSR count). The van der Waals surface area contributed by atoms with E-state index in [9.17, 15) is 4.79 Å². The Morgan fingerprint density at radius 2 is 1.68 bits per heavy atom. The molecule has 1 aliphatic rings. The van der Waals surface area contributed by atoms with Crippen LogP contribution in [-0.2, 0) is 4.79 Å². The Hall–Kier alpha value is -2.29. The number of anilines is 2. The first kappa shape index (κ1) is 20.4. The van der Waals surface area contributed by atoms with Crippen molar-refractivity contribution in [1.29, 1.82) is 0 Å². The van der Waals surface area contributed by atoms with Crippen molar-refractivity contribution < 1.29 is 14.3 Å². The summed E-state index contributed by atoms with van der Waals surface area (Å²) in [4.78, 5) is 24.8. The van der Waals surface area contributed by atoms with Gasteiger partial charge in [0, 0.05) is 31.9 Å². The second-order valence-electron chi connectivity index (χ2n) is 6.19. The zero-order valence-electron chi connectivity index (χ0n) is 15.6. The first-order chi connectivity index (χ1) is 13.5. The van der Waals surface area contributed by atoms with Crippen molar-refractivity contribution in [2.45, 2.75) is 0 Å². The molecule has 1 aliphatic heterocycles. The maximum absolute atomic E-state index is 12.4. The monoisotopic (exact) mass is 425 g/mol. The topological polar surface area (TPSA) is 79.8 Å². The van der Waals surface area contributed by atoms with Crippen LogP contribution in [0.15, 0.2) is 24.3 Å². The van der Waals surface area contributed by atoms with E-state index in [0.717, 1.165) is 31.9 Å². The minimum atomic E-state index is -0.196. The third-order valence-electron chi connectivity index (χ3n) is 4.36. The third-order valence-corrected chi connectivity index (χ3v) is 5.10. The molecule has 28 heavy (non-hydrogen) atoms. The molecule has 0 bridgehead atoms. The molecular formula is C18H21Cl2N5O3. The first-order valence-electron chi connectivity index (χ1n) is 8.67. The van der Waals surface area contributed by atoms with Gasteiger partial charge in [0.05, 0.1) is 36.9 Å². The minimum absolute atomic E-state index is 0.149. The fourth-order valence-corrected chi connectivity index (χ4v) is 3.17. The quantitative estimate of drug-likeness (QED) is 0.761. The van der Waals surface area contributed by atoms with E-state index in [-0.39, 0.29) is 18.4 Å². The van der Waals surface area contributed by atoms with E-state index >= 15 is 0 Å². The van der Waals surface area contributed by atoms with Crippen molar-refractivity contribution >= 4 is 40.7 Å². The van der Waals surface area contributed by atoms with Crippen LogP contribution in [-0.4, -0.2) is 67.7 Å². The zero-order valence-corrected chi connectivity index (χ0v) is 17.1. The second kappa shape index (κ2) is 9.27. The lowest BCUT2D eigenvalue weighted by molar-refractivity contribution is -0.117. The van der Waals surface area contributed by atoms with Crippen LogP contribution in [0, 0.1) is 0 Å². The summed E-state index contributed by atoms with van der Waals surface area (Å²) in [6.45, 7) is 3.31. The van der Waals surface area contributed by atoms with Crippen LogP contribution in [0.25, 0.3) is 0 Å². The van der Waals surface area contributed by atoms with Gasteiger partial charge in [0.1, 0.15) is 0 Å². The molecule has 2 heterocycles. The number of carbonyl (C=O) groups excluding carboxylic acids is 1. The average Bonchev–Trinajstić information content (AvgIpc) is 2.70. The Kier molecular flexibility index (Phi) is 6.77. The standard InChI is InChI=1S/C18H21Cl2N5O3/c1-27-16-10-17(28-2)23-18(22-16)21-15(26)11-24-5-7-25(8-6-24)12-3-4-13(19)14(20)9-12/h3-4,9-10H,5-8,11H2,1-2H3,(H,21,22,23,26). The van der Waals surface area contributed by atoms with Crippen LogP contribution < -0.4 is 19.7 Å². The number of piperazine rings is 1. The second-order valence-corrected chi connectivity index (χ2v) is 7.00. The van der Waals surface area contributed by atoms with Crippen molar-refractivity contribution in [2.75, 3.05) is 57.2 Å². The van der Waals surface area contributed by atoms with Crippen LogP contribution in [0.1, 0.15) is 0 Å². The number of amides is 1. The SMILES string of the molecule is COc1cc(OC)nc(NC(=O)CN2CCN(c3ccc(Cl)c(Cl)c3)CC2)n1. The molecule has 150 valence electrons. The number of aromatic nitrogens is 2. The van der Waals surface area contributed by atoms with Gasteiger partial charge >= 0.3 is 0 Å². The van der Waals surface area contributed by atoms with E-state index < -0.39 is 0 Å². The lowest BCUT2D eigenvalue weighted by Crippen LogP contribution is -2.48. The summed E-state index contributed by atoms with van der Waals surface area (Å²) >= 11 is 12.1. The molecule has 1 fully saturated rings. The molecule has 0 radical (unpaired) electrons. The maximum atomic E-state index is 12.4. The zero-order chi connectivity index (χ0) is 20.1. The minimum Gasteiger partial charge on any atom is -0.481 e. The van der Waals surface area contributed by atoms with E-state index in [2.05, 4.69) is 25.1 Å². The van der Waals surface area contributed by atoms with E-state index in [1.807, 2.05) is 12.1 Å². The highest BCUT2D eigenvalue weighted by molar-refractivity contribution is 6.42. The summed E-state index contributed by atoms with van der Waals surface area (Å²) in [6.07, 6.45) is 0. The summed E-state index contributed by atoms with van der Waals surface area (Å²) in [6, 6.07) is 7.14. The van der Waals surface area contributed by atoms with Gasteiger partial charge < -0.3 is 14.4 Å². The first-order valence-corrected chi connectivity index (χ1v) is 9.43. The van der Waals surface area contributed by atoms with Crippen molar-refractivity contribution in [1.82, 2.24) is 14.9 Å². The van der Waals surface area contributed by atoms with Crippen LogP contribution >= 0.6 is 23.2 Å². The molecule has 8 nitrogen and oxygen atoms in total. The van der Waals surface area contributed by atoms with Crippen LogP contribution in [0.5, 0.6) is 11.8 Å². The van der Waals surface area contributed by atoms with Gasteiger partial charge in [-0.05, 0) is 18.2 Å². The molecule has 2 aromatic rings. The number of rotatable bonds is 6. The Morgan fingerprint density at radius 3 is 2.25 bits per heavy atom. The van der Waals surface area contributed by atoms with Gasteiger partial charge in [-0.25, -0.2) is 0 Å². The predicted octanol–water partition coefficient (Wildman–Crippen LogP) is 2.56. The summed E-state index contributed by atoms with van der Waals surface area (Å²) in [7, 11) is 2.97.